The third-order valence-electron chi connectivity index (χ3n) is 3.22. The SMILES string of the molecule is CO[C@H]1CNCC1NS(=O)(=O)c1ccc(C)c(F)c1. The zero-order chi connectivity index (χ0) is 14.0. The average Bonchev–Trinajstić information content (AvgIpc) is 2.79. The largest absolute Gasteiger partial charge is 0.378 e. The van der Waals surface area contributed by atoms with Crippen LogP contribution in [0.2, 0.25) is 0 Å². The molecule has 7 heteroatoms. The number of hydrogen-bond acceptors (Lipinski definition) is 4. The molecule has 0 bridgehead atoms. The molecule has 0 aromatic heterocycles. The molecule has 0 spiro atoms. The van der Waals surface area contributed by atoms with Crippen LogP contribution in [0.25, 0.3) is 0 Å². The van der Waals surface area contributed by atoms with E-state index in [1.54, 1.807) is 6.92 Å². The van der Waals surface area contributed by atoms with Crippen LogP contribution in [-0.4, -0.2) is 40.8 Å². The van der Waals surface area contributed by atoms with E-state index in [0.717, 1.165) is 6.07 Å². The lowest BCUT2D eigenvalue weighted by Crippen LogP contribution is -2.43. The predicted molar refractivity (Wildman–Crippen MR) is 68.9 cm³/mol. The van der Waals surface area contributed by atoms with Crippen LogP contribution in [0.15, 0.2) is 23.1 Å². The molecule has 106 valence electrons. The Kier molecular flexibility index (Phi) is 4.19. The summed E-state index contributed by atoms with van der Waals surface area (Å²) in [4.78, 5) is -0.0719. The quantitative estimate of drug-likeness (QED) is 0.841. The lowest BCUT2D eigenvalue weighted by Gasteiger charge is -2.18. The second-order valence-corrected chi connectivity index (χ2v) is 6.29. The Morgan fingerprint density at radius 2 is 2.16 bits per heavy atom. The van der Waals surface area contributed by atoms with Crippen molar-refractivity contribution in [3.05, 3.63) is 29.6 Å². The van der Waals surface area contributed by atoms with Crippen LogP contribution < -0.4 is 10.0 Å². The molecule has 1 heterocycles. The molecule has 19 heavy (non-hydrogen) atoms. The van der Waals surface area contributed by atoms with E-state index >= 15 is 0 Å². The molecule has 1 aliphatic rings. The summed E-state index contributed by atoms with van der Waals surface area (Å²) in [7, 11) is -2.20. The second kappa shape index (κ2) is 5.54. The van der Waals surface area contributed by atoms with Crippen LogP contribution in [0.4, 0.5) is 4.39 Å². The van der Waals surface area contributed by atoms with Gasteiger partial charge in [0.2, 0.25) is 10.0 Å². The highest BCUT2D eigenvalue weighted by Crippen LogP contribution is 2.16. The number of aryl methyl sites for hydroxylation is 1. The van der Waals surface area contributed by atoms with E-state index in [1.165, 1.54) is 19.2 Å². The van der Waals surface area contributed by atoms with Crippen molar-refractivity contribution in [1.82, 2.24) is 10.0 Å². The first-order valence-electron chi connectivity index (χ1n) is 5.96. The first-order chi connectivity index (χ1) is 8.94. The fourth-order valence-electron chi connectivity index (χ4n) is 2.03. The fraction of sp³-hybridized carbons (Fsp3) is 0.500. The summed E-state index contributed by atoms with van der Waals surface area (Å²) in [6.07, 6.45) is -0.218. The van der Waals surface area contributed by atoms with Crippen LogP contribution in [0.3, 0.4) is 0 Å². The normalized spacial score (nSPS) is 23.7. The van der Waals surface area contributed by atoms with Gasteiger partial charge in [-0.05, 0) is 24.6 Å². The van der Waals surface area contributed by atoms with E-state index in [-0.39, 0.29) is 17.0 Å². The van der Waals surface area contributed by atoms with Gasteiger partial charge in [0, 0.05) is 20.2 Å². The second-order valence-electron chi connectivity index (χ2n) is 4.57. The average molecular weight is 288 g/mol. The molecular weight excluding hydrogens is 271 g/mol. The summed E-state index contributed by atoms with van der Waals surface area (Å²) in [5, 5.41) is 3.04. The molecule has 0 amide bonds. The molecule has 1 aromatic rings. The van der Waals surface area contributed by atoms with Crippen molar-refractivity contribution >= 4 is 10.0 Å². The van der Waals surface area contributed by atoms with Gasteiger partial charge in [0.05, 0.1) is 17.0 Å². The monoisotopic (exact) mass is 288 g/mol. The van der Waals surface area contributed by atoms with Crippen molar-refractivity contribution in [2.45, 2.75) is 24.0 Å². The van der Waals surface area contributed by atoms with Gasteiger partial charge in [-0.15, -0.1) is 0 Å². The Hall–Kier alpha value is -1.02. The molecule has 1 aliphatic heterocycles. The zero-order valence-electron chi connectivity index (χ0n) is 10.8. The summed E-state index contributed by atoms with van der Waals surface area (Å²) in [5.41, 5.74) is 0.413. The van der Waals surface area contributed by atoms with Crippen molar-refractivity contribution in [1.29, 1.82) is 0 Å². The number of hydrogen-bond donors (Lipinski definition) is 2. The molecule has 1 fully saturated rings. The molecule has 1 saturated heterocycles. The van der Waals surface area contributed by atoms with Crippen LogP contribution >= 0.6 is 0 Å². The van der Waals surface area contributed by atoms with E-state index in [9.17, 15) is 12.8 Å². The number of nitrogens with one attached hydrogen (secondary N) is 2. The van der Waals surface area contributed by atoms with Crippen molar-refractivity contribution in [2.24, 2.45) is 0 Å². The zero-order valence-corrected chi connectivity index (χ0v) is 11.6. The van der Waals surface area contributed by atoms with Gasteiger partial charge in [-0.1, -0.05) is 6.07 Å². The molecule has 0 radical (unpaired) electrons. The van der Waals surface area contributed by atoms with E-state index in [2.05, 4.69) is 10.0 Å². The maximum atomic E-state index is 13.4. The Labute approximate surface area is 112 Å². The predicted octanol–water partition coefficient (Wildman–Crippen LogP) is 0.399. The molecule has 5 nitrogen and oxygen atoms in total. The molecule has 2 N–H and O–H groups in total. The van der Waals surface area contributed by atoms with E-state index in [1.807, 2.05) is 0 Å². The summed E-state index contributed by atoms with van der Waals surface area (Å²) in [5.74, 6) is -0.532. The third-order valence-corrected chi connectivity index (χ3v) is 4.71. The van der Waals surface area contributed by atoms with Crippen molar-refractivity contribution in [3.63, 3.8) is 0 Å². The molecular formula is C12H17FN2O3S. The molecule has 2 rings (SSSR count). The van der Waals surface area contributed by atoms with Crippen LogP contribution in [-0.2, 0) is 14.8 Å². The lowest BCUT2D eigenvalue weighted by atomic mass is 10.2. The van der Waals surface area contributed by atoms with E-state index < -0.39 is 15.8 Å². The molecule has 1 aromatic carbocycles. The number of benzene rings is 1. The van der Waals surface area contributed by atoms with Gasteiger partial charge in [0.25, 0.3) is 0 Å². The number of sulfonamides is 1. The van der Waals surface area contributed by atoms with Crippen LogP contribution in [0, 0.1) is 12.7 Å². The molecule has 0 aliphatic carbocycles. The van der Waals surface area contributed by atoms with Gasteiger partial charge < -0.3 is 10.1 Å². The fourth-order valence-corrected chi connectivity index (χ4v) is 3.30. The van der Waals surface area contributed by atoms with Gasteiger partial charge in [-0.2, -0.15) is 0 Å². The maximum Gasteiger partial charge on any atom is 0.241 e. The maximum absolute atomic E-state index is 13.4. The van der Waals surface area contributed by atoms with E-state index in [0.29, 0.717) is 18.7 Å². The smallest absolute Gasteiger partial charge is 0.241 e. The summed E-state index contributed by atoms with van der Waals surface area (Å²) < 4.78 is 45.5. The highest BCUT2D eigenvalue weighted by atomic mass is 32.2. The summed E-state index contributed by atoms with van der Waals surface area (Å²) >= 11 is 0. The van der Waals surface area contributed by atoms with Gasteiger partial charge in [0.15, 0.2) is 0 Å². The third kappa shape index (κ3) is 3.11. The Morgan fingerprint density at radius 3 is 2.79 bits per heavy atom. The Morgan fingerprint density at radius 1 is 1.42 bits per heavy atom. The summed E-state index contributed by atoms with van der Waals surface area (Å²) in [6, 6.07) is 3.52. The van der Waals surface area contributed by atoms with Gasteiger partial charge in [-0.3, -0.25) is 0 Å². The van der Waals surface area contributed by atoms with Gasteiger partial charge in [-0.25, -0.2) is 17.5 Å². The minimum atomic E-state index is -3.74. The first kappa shape index (κ1) is 14.4. The number of halogens is 1. The topological polar surface area (TPSA) is 67.4 Å². The lowest BCUT2D eigenvalue weighted by molar-refractivity contribution is 0.103. The van der Waals surface area contributed by atoms with Gasteiger partial charge >= 0.3 is 0 Å². The minimum Gasteiger partial charge on any atom is -0.378 e. The van der Waals surface area contributed by atoms with Crippen LogP contribution in [0.5, 0.6) is 0 Å². The number of rotatable bonds is 4. The van der Waals surface area contributed by atoms with Gasteiger partial charge in [0.1, 0.15) is 5.82 Å². The molecule has 1 unspecified atom stereocenters. The first-order valence-corrected chi connectivity index (χ1v) is 7.44. The highest BCUT2D eigenvalue weighted by molar-refractivity contribution is 7.89. The number of ether oxygens (including phenoxy) is 1. The van der Waals surface area contributed by atoms with Crippen LogP contribution in [0.1, 0.15) is 5.56 Å². The van der Waals surface area contributed by atoms with E-state index in [4.69, 9.17) is 4.74 Å². The van der Waals surface area contributed by atoms with Crippen molar-refractivity contribution in [3.8, 4) is 0 Å². The minimum absolute atomic E-state index is 0.0719. The standard InChI is InChI=1S/C12H17FN2O3S/c1-8-3-4-9(5-10(8)13)19(16,17)15-11-6-14-7-12(11)18-2/h3-5,11-12,14-15H,6-7H2,1-2H3/t11?,12-/m0/s1. The summed E-state index contributed by atoms with van der Waals surface area (Å²) in [6.45, 7) is 2.67. The van der Waals surface area contributed by atoms with Crippen molar-refractivity contribution < 1.29 is 17.5 Å². The Balaban J connectivity index is 2.20. The highest BCUT2D eigenvalue weighted by Gasteiger charge is 2.31. The Bertz CT molecular complexity index is 562. The molecule has 2 atom stereocenters. The molecule has 0 saturated carbocycles. The van der Waals surface area contributed by atoms with Crippen molar-refractivity contribution in [2.75, 3.05) is 20.2 Å². The number of methoxy groups -OCH3 is 1.